The maximum absolute atomic E-state index is 11.8. The molecule has 0 fully saturated rings. The number of rotatable bonds is 13. The molecule has 0 atom stereocenters. The van der Waals surface area contributed by atoms with E-state index in [1.165, 1.54) is 44.9 Å². The van der Waals surface area contributed by atoms with Crippen LogP contribution in [0.3, 0.4) is 0 Å². The lowest BCUT2D eigenvalue weighted by Gasteiger charge is -2.21. The third-order valence-corrected chi connectivity index (χ3v) is 4.81. The molecule has 0 aliphatic carbocycles. The van der Waals surface area contributed by atoms with Crippen LogP contribution in [0.25, 0.3) is 0 Å². The molecular weight excluding hydrogens is 328 g/mol. The Morgan fingerprint density at radius 3 is 2.00 bits per heavy atom. The van der Waals surface area contributed by atoms with Crippen LogP contribution >= 0.6 is 23.4 Å². The van der Waals surface area contributed by atoms with Crippen molar-refractivity contribution in [1.82, 2.24) is 4.90 Å². The molecule has 136 valence electrons. The van der Waals surface area contributed by atoms with E-state index >= 15 is 0 Å². The normalized spacial score (nSPS) is 11.7. The van der Waals surface area contributed by atoms with Gasteiger partial charge in [-0.15, -0.1) is 0 Å². The molecule has 0 aromatic carbocycles. The minimum atomic E-state index is -0.397. The molecule has 1 amide bonds. The van der Waals surface area contributed by atoms with Crippen LogP contribution in [0.5, 0.6) is 0 Å². The predicted octanol–water partition coefficient (Wildman–Crippen LogP) is 6.70. The van der Waals surface area contributed by atoms with Crippen LogP contribution in [0, 0.1) is 0 Å². The first-order valence-corrected chi connectivity index (χ1v) is 10.7. The van der Waals surface area contributed by atoms with E-state index in [1.807, 2.05) is 0 Å². The molecule has 0 aromatic rings. The number of unbranched alkanes of at least 4 members (excludes halogenated alkanes) is 8. The molecule has 0 N–H and O–H groups in total. The van der Waals surface area contributed by atoms with Gasteiger partial charge in [0.15, 0.2) is 5.17 Å². The van der Waals surface area contributed by atoms with Crippen molar-refractivity contribution < 1.29 is 4.79 Å². The summed E-state index contributed by atoms with van der Waals surface area (Å²) in [6.45, 7) is 7.99. The average molecular weight is 363 g/mol. The first kappa shape index (κ1) is 22.8. The highest BCUT2D eigenvalue weighted by Crippen LogP contribution is 2.15. The van der Waals surface area contributed by atoms with Gasteiger partial charge < -0.3 is 0 Å². The minimum Gasteiger partial charge on any atom is -0.278 e. The Kier molecular flexibility index (Phi) is 16.5. The highest BCUT2D eigenvalue weighted by molar-refractivity contribution is 8.13. The molecule has 0 heterocycles. The number of thioether (sulfide) groups is 1. The largest absolute Gasteiger partial charge is 0.322 e. The first-order chi connectivity index (χ1) is 11.2. The Morgan fingerprint density at radius 2 is 1.48 bits per heavy atom. The van der Waals surface area contributed by atoms with Crippen molar-refractivity contribution in [1.29, 1.82) is 0 Å². The molecule has 23 heavy (non-hydrogen) atoms. The zero-order valence-corrected chi connectivity index (χ0v) is 16.9. The van der Waals surface area contributed by atoms with Crippen LogP contribution < -0.4 is 0 Å². The van der Waals surface area contributed by atoms with Crippen LogP contribution in [0.15, 0.2) is 4.99 Å². The number of hydrogen-bond donors (Lipinski definition) is 0. The minimum absolute atomic E-state index is 0.397. The van der Waals surface area contributed by atoms with Crippen LogP contribution in [0.4, 0.5) is 4.79 Å². The van der Waals surface area contributed by atoms with Crippen molar-refractivity contribution in [3.05, 3.63) is 0 Å². The summed E-state index contributed by atoms with van der Waals surface area (Å²) >= 11 is 7.41. The smallest absolute Gasteiger partial charge is 0.278 e. The summed E-state index contributed by atoms with van der Waals surface area (Å²) in [4.78, 5) is 18.1. The standard InChI is InChI=1S/C18H35ClN2OS/c1-4-7-9-11-13-15-20-18(23-6-3)21(17(19)22)16-14-12-10-8-5-2/h4-16H2,1-3H3. The first-order valence-electron chi connectivity index (χ1n) is 9.31. The summed E-state index contributed by atoms with van der Waals surface area (Å²) in [6.07, 6.45) is 12.0. The number of hydrogen-bond acceptors (Lipinski definition) is 3. The van der Waals surface area contributed by atoms with Gasteiger partial charge in [-0.2, -0.15) is 0 Å². The van der Waals surface area contributed by atoms with Gasteiger partial charge in [0.2, 0.25) is 0 Å². The second-order valence-electron chi connectivity index (χ2n) is 5.83. The Balaban J connectivity index is 4.35. The van der Waals surface area contributed by atoms with Crippen molar-refractivity contribution in [2.24, 2.45) is 4.99 Å². The molecule has 3 nitrogen and oxygen atoms in total. The summed E-state index contributed by atoms with van der Waals surface area (Å²) in [7, 11) is 0. The molecule has 0 aromatic heterocycles. The number of amidine groups is 1. The summed E-state index contributed by atoms with van der Waals surface area (Å²) in [5.41, 5.74) is 0. The Bertz CT molecular complexity index is 324. The molecule has 0 rings (SSSR count). The Labute approximate surface area is 152 Å². The summed E-state index contributed by atoms with van der Waals surface area (Å²) in [5.74, 6) is 0.908. The fourth-order valence-electron chi connectivity index (χ4n) is 2.36. The van der Waals surface area contributed by atoms with Crippen molar-refractivity contribution in [2.45, 2.75) is 85.0 Å². The predicted molar refractivity (Wildman–Crippen MR) is 106 cm³/mol. The fourth-order valence-corrected chi connectivity index (χ4v) is 3.35. The zero-order chi connectivity index (χ0) is 17.3. The van der Waals surface area contributed by atoms with Crippen molar-refractivity contribution in [3.63, 3.8) is 0 Å². The van der Waals surface area contributed by atoms with E-state index in [4.69, 9.17) is 11.6 Å². The van der Waals surface area contributed by atoms with Gasteiger partial charge in [-0.05, 0) is 30.2 Å². The van der Waals surface area contributed by atoms with Crippen LogP contribution in [0.2, 0.25) is 0 Å². The van der Waals surface area contributed by atoms with Crippen molar-refractivity contribution in [2.75, 3.05) is 18.8 Å². The van der Waals surface area contributed by atoms with E-state index in [-0.39, 0.29) is 0 Å². The number of halogens is 1. The Hall–Kier alpha value is -0.220. The highest BCUT2D eigenvalue weighted by atomic mass is 35.5. The fraction of sp³-hybridized carbons (Fsp3) is 0.889. The van der Waals surface area contributed by atoms with Gasteiger partial charge in [0.25, 0.3) is 0 Å². The van der Waals surface area contributed by atoms with E-state index in [1.54, 1.807) is 16.7 Å². The SMILES string of the molecule is CCCCCCCN=C(SCC)N(CCCCCCC)C(=O)Cl. The quantitative estimate of drug-likeness (QED) is 0.120. The second-order valence-corrected chi connectivity index (χ2v) is 7.38. The molecule has 0 aliphatic rings. The third kappa shape index (κ3) is 12.8. The monoisotopic (exact) mass is 362 g/mol. The van der Waals surface area contributed by atoms with E-state index in [9.17, 15) is 4.79 Å². The zero-order valence-electron chi connectivity index (χ0n) is 15.3. The lowest BCUT2D eigenvalue weighted by Crippen LogP contribution is -2.32. The highest BCUT2D eigenvalue weighted by Gasteiger charge is 2.17. The molecule has 0 radical (unpaired) electrons. The van der Waals surface area contributed by atoms with E-state index < -0.39 is 5.37 Å². The lowest BCUT2D eigenvalue weighted by atomic mass is 10.1. The van der Waals surface area contributed by atoms with Gasteiger partial charge in [0.05, 0.1) is 0 Å². The van der Waals surface area contributed by atoms with Gasteiger partial charge in [0.1, 0.15) is 0 Å². The molecule has 0 saturated carbocycles. The molecule has 0 saturated heterocycles. The molecule has 0 bridgehead atoms. The second kappa shape index (κ2) is 16.6. The van der Waals surface area contributed by atoms with Crippen LogP contribution in [-0.4, -0.2) is 34.3 Å². The van der Waals surface area contributed by atoms with Gasteiger partial charge >= 0.3 is 5.37 Å². The third-order valence-electron chi connectivity index (χ3n) is 3.71. The van der Waals surface area contributed by atoms with Gasteiger partial charge in [-0.1, -0.05) is 83.9 Å². The van der Waals surface area contributed by atoms with Crippen LogP contribution in [0.1, 0.15) is 85.0 Å². The number of amides is 1. The summed E-state index contributed by atoms with van der Waals surface area (Å²) < 4.78 is 0. The van der Waals surface area contributed by atoms with E-state index in [0.717, 1.165) is 36.7 Å². The molecule has 0 spiro atoms. The number of nitrogens with zero attached hydrogens (tertiary/aromatic N) is 2. The van der Waals surface area contributed by atoms with E-state index in [0.29, 0.717) is 6.54 Å². The van der Waals surface area contributed by atoms with Gasteiger partial charge in [0, 0.05) is 13.1 Å². The van der Waals surface area contributed by atoms with Crippen LogP contribution in [-0.2, 0) is 0 Å². The van der Waals surface area contributed by atoms with Crippen molar-refractivity contribution >= 4 is 33.9 Å². The molecular formula is C18H35ClN2OS. The van der Waals surface area contributed by atoms with E-state index in [2.05, 4.69) is 25.8 Å². The number of aliphatic imine (C=N–C) groups is 1. The number of carbonyl (C=O) groups excluding carboxylic acids is 1. The topological polar surface area (TPSA) is 32.7 Å². The lowest BCUT2D eigenvalue weighted by molar-refractivity contribution is 0.242. The molecule has 5 heteroatoms. The average Bonchev–Trinajstić information content (AvgIpc) is 2.53. The van der Waals surface area contributed by atoms with Crippen molar-refractivity contribution in [3.8, 4) is 0 Å². The maximum Gasteiger partial charge on any atom is 0.322 e. The summed E-state index contributed by atoms with van der Waals surface area (Å²) in [5, 5.41) is 0.407. The summed E-state index contributed by atoms with van der Waals surface area (Å²) in [6, 6.07) is 0. The van der Waals surface area contributed by atoms with Gasteiger partial charge in [-0.3, -0.25) is 14.7 Å². The molecule has 0 unspecified atom stereocenters. The Morgan fingerprint density at radius 1 is 0.913 bits per heavy atom. The molecule has 0 aliphatic heterocycles. The maximum atomic E-state index is 11.8. The number of carbonyl (C=O) groups is 1. The van der Waals surface area contributed by atoms with Gasteiger partial charge in [-0.25, -0.2) is 0 Å².